The van der Waals surface area contributed by atoms with Crippen LogP contribution in [-0.2, 0) is 20.2 Å². The fourth-order valence-electron chi connectivity index (χ4n) is 2.51. The molecule has 2 rings (SSSR count). The zero-order chi connectivity index (χ0) is 21.8. The van der Waals surface area contributed by atoms with Gasteiger partial charge in [0.15, 0.2) is 0 Å². The number of carbonyl (C=O) groups excluding carboxylic acids is 2. The number of hydrogen-bond acceptors (Lipinski definition) is 4. The third-order valence-corrected chi connectivity index (χ3v) is 6.17. The largest absolute Gasteiger partial charge is 0.343 e. The lowest BCUT2D eigenvalue weighted by atomic mass is 9.87. The van der Waals surface area contributed by atoms with Gasteiger partial charge in [0, 0.05) is 25.3 Å². The van der Waals surface area contributed by atoms with Gasteiger partial charge in [-0.1, -0.05) is 32.9 Å². The van der Waals surface area contributed by atoms with Gasteiger partial charge in [-0.05, 0) is 47.4 Å². The van der Waals surface area contributed by atoms with Gasteiger partial charge in [-0.15, -0.1) is 0 Å². The van der Waals surface area contributed by atoms with E-state index in [1.54, 1.807) is 12.1 Å². The molecule has 2 aromatic carbocycles. The van der Waals surface area contributed by atoms with Crippen molar-refractivity contribution in [1.29, 1.82) is 0 Å². The van der Waals surface area contributed by atoms with Gasteiger partial charge >= 0.3 is 0 Å². The lowest BCUT2D eigenvalue weighted by Crippen LogP contribution is -2.32. The number of benzene rings is 2. The van der Waals surface area contributed by atoms with Crippen LogP contribution in [-0.4, -0.2) is 45.2 Å². The summed E-state index contributed by atoms with van der Waals surface area (Å²) >= 11 is 0. The Labute approximate surface area is 172 Å². The molecule has 0 heterocycles. The second-order valence-corrected chi connectivity index (χ2v) is 10.0. The first-order valence-corrected chi connectivity index (χ1v) is 10.6. The molecular formula is C21H27N3O4S. The minimum absolute atomic E-state index is 0.00365. The molecule has 0 unspecified atom stereocenters. The van der Waals surface area contributed by atoms with Crippen LogP contribution in [0.3, 0.4) is 0 Å². The van der Waals surface area contributed by atoms with Gasteiger partial charge < -0.3 is 10.6 Å². The molecule has 0 aliphatic carbocycles. The summed E-state index contributed by atoms with van der Waals surface area (Å²) in [5.41, 5.74) is 2.03. The van der Waals surface area contributed by atoms with E-state index in [-0.39, 0.29) is 22.8 Å². The summed E-state index contributed by atoms with van der Waals surface area (Å²) in [4.78, 5) is 24.4. The lowest BCUT2D eigenvalue weighted by molar-refractivity contribution is -0.115. The van der Waals surface area contributed by atoms with Crippen LogP contribution in [0.25, 0.3) is 0 Å². The van der Waals surface area contributed by atoms with Crippen molar-refractivity contribution < 1.29 is 18.0 Å². The molecule has 0 saturated carbocycles. The summed E-state index contributed by atoms with van der Waals surface area (Å²) in [6.45, 7) is 6.08. The van der Waals surface area contributed by atoms with Crippen molar-refractivity contribution >= 4 is 27.5 Å². The highest BCUT2D eigenvalue weighted by atomic mass is 32.2. The van der Waals surface area contributed by atoms with Crippen molar-refractivity contribution in [1.82, 2.24) is 9.62 Å². The maximum absolute atomic E-state index is 12.2. The van der Waals surface area contributed by atoms with Gasteiger partial charge in [0.1, 0.15) is 0 Å². The Bertz CT molecular complexity index is 974. The predicted molar refractivity (Wildman–Crippen MR) is 113 cm³/mol. The van der Waals surface area contributed by atoms with Crippen LogP contribution >= 0.6 is 0 Å². The van der Waals surface area contributed by atoms with Crippen molar-refractivity contribution in [3.05, 3.63) is 59.7 Å². The minimum Gasteiger partial charge on any atom is -0.343 e. The number of carbonyl (C=O) groups is 2. The molecule has 0 radical (unpaired) electrons. The average molecular weight is 418 g/mol. The Morgan fingerprint density at radius 3 is 1.97 bits per heavy atom. The zero-order valence-electron chi connectivity index (χ0n) is 17.3. The monoisotopic (exact) mass is 417 g/mol. The summed E-state index contributed by atoms with van der Waals surface area (Å²) in [7, 11) is -0.626. The van der Waals surface area contributed by atoms with Crippen molar-refractivity contribution in [3.8, 4) is 0 Å². The van der Waals surface area contributed by atoms with E-state index in [0.29, 0.717) is 11.3 Å². The van der Waals surface area contributed by atoms with Crippen molar-refractivity contribution in [2.45, 2.75) is 31.1 Å². The van der Waals surface area contributed by atoms with E-state index in [1.165, 1.54) is 38.4 Å². The van der Waals surface area contributed by atoms with Crippen LogP contribution in [0.2, 0.25) is 0 Å². The van der Waals surface area contributed by atoms with Crippen LogP contribution in [0.5, 0.6) is 0 Å². The third-order valence-electron chi connectivity index (χ3n) is 4.34. The van der Waals surface area contributed by atoms with Gasteiger partial charge in [0.25, 0.3) is 5.91 Å². The molecule has 0 saturated heterocycles. The van der Waals surface area contributed by atoms with E-state index in [0.717, 1.165) is 9.87 Å². The molecule has 0 atom stereocenters. The van der Waals surface area contributed by atoms with Crippen LogP contribution in [0, 0.1) is 0 Å². The topological polar surface area (TPSA) is 95.6 Å². The number of anilines is 1. The second kappa shape index (κ2) is 8.75. The third kappa shape index (κ3) is 5.88. The molecule has 7 nitrogen and oxygen atoms in total. The predicted octanol–water partition coefficient (Wildman–Crippen LogP) is 2.60. The SMILES string of the molecule is CN(C)S(=O)(=O)c1ccc(NC(=O)CNC(=O)c2ccc(C(C)(C)C)cc2)cc1. The smallest absolute Gasteiger partial charge is 0.251 e. The van der Waals surface area contributed by atoms with E-state index in [4.69, 9.17) is 0 Å². The normalized spacial score (nSPS) is 11.9. The fraction of sp³-hybridized carbons (Fsp3) is 0.333. The highest BCUT2D eigenvalue weighted by molar-refractivity contribution is 7.89. The zero-order valence-corrected chi connectivity index (χ0v) is 18.1. The highest BCUT2D eigenvalue weighted by Crippen LogP contribution is 2.22. The number of hydrogen-bond donors (Lipinski definition) is 2. The molecule has 0 aliphatic heterocycles. The summed E-state index contributed by atoms with van der Waals surface area (Å²) in [5, 5.41) is 5.20. The Hall–Kier alpha value is -2.71. The molecule has 156 valence electrons. The molecule has 2 N–H and O–H groups in total. The quantitative estimate of drug-likeness (QED) is 0.755. The first-order valence-electron chi connectivity index (χ1n) is 9.12. The molecule has 8 heteroatoms. The summed E-state index contributed by atoms with van der Waals surface area (Å²) < 4.78 is 25.2. The number of amides is 2. The Balaban J connectivity index is 1.92. The highest BCUT2D eigenvalue weighted by Gasteiger charge is 2.17. The minimum atomic E-state index is -3.52. The van der Waals surface area contributed by atoms with Gasteiger partial charge in [-0.3, -0.25) is 9.59 Å². The van der Waals surface area contributed by atoms with E-state index >= 15 is 0 Å². The Morgan fingerprint density at radius 1 is 0.931 bits per heavy atom. The lowest BCUT2D eigenvalue weighted by Gasteiger charge is -2.19. The first-order chi connectivity index (χ1) is 13.4. The van der Waals surface area contributed by atoms with Gasteiger partial charge in [-0.2, -0.15) is 0 Å². The van der Waals surface area contributed by atoms with E-state index in [1.807, 2.05) is 12.1 Å². The molecule has 0 spiro atoms. The number of nitrogens with zero attached hydrogens (tertiary/aromatic N) is 1. The van der Waals surface area contributed by atoms with Crippen molar-refractivity contribution in [3.63, 3.8) is 0 Å². The van der Waals surface area contributed by atoms with E-state index in [2.05, 4.69) is 31.4 Å². The molecule has 2 aromatic rings. The number of rotatable bonds is 6. The van der Waals surface area contributed by atoms with Gasteiger partial charge in [-0.25, -0.2) is 12.7 Å². The van der Waals surface area contributed by atoms with Gasteiger partial charge in [0.05, 0.1) is 11.4 Å². The maximum atomic E-state index is 12.2. The summed E-state index contributed by atoms with van der Waals surface area (Å²) in [6, 6.07) is 13.1. The van der Waals surface area contributed by atoms with Crippen LogP contribution in [0.4, 0.5) is 5.69 Å². The number of sulfonamides is 1. The number of nitrogens with one attached hydrogen (secondary N) is 2. The molecule has 2 amide bonds. The van der Waals surface area contributed by atoms with E-state index in [9.17, 15) is 18.0 Å². The second-order valence-electron chi connectivity index (χ2n) is 7.87. The molecule has 0 fully saturated rings. The molecule has 0 bridgehead atoms. The fourth-order valence-corrected chi connectivity index (χ4v) is 3.41. The summed E-state index contributed by atoms with van der Waals surface area (Å²) in [6.07, 6.45) is 0. The van der Waals surface area contributed by atoms with Crippen LogP contribution in [0.1, 0.15) is 36.7 Å². The molecular weight excluding hydrogens is 390 g/mol. The van der Waals surface area contributed by atoms with Crippen LogP contribution in [0.15, 0.2) is 53.4 Å². The maximum Gasteiger partial charge on any atom is 0.251 e. The molecule has 0 aliphatic rings. The van der Waals surface area contributed by atoms with E-state index < -0.39 is 15.9 Å². The van der Waals surface area contributed by atoms with Crippen LogP contribution < -0.4 is 10.6 Å². The standard InChI is InChI=1S/C21H27N3O4S/c1-21(2,3)16-8-6-15(7-9-16)20(26)22-14-19(25)23-17-10-12-18(13-11-17)29(27,28)24(4)5/h6-13H,14H2,1-5H3,(H,22,26)(H,23,25). The summed E-state index contributed by atoms with van der Waals surface area (Å²) in [5.74, 6) is -0.749. The Morgan fingerprint density at radius 2 is 1.48 bits per heavy atom. The van der Waals surface area contributed by atoms with Crippen molar-refractivity contribution in [2.24, 2.45) is 0 Å². The molecule has 29 heavy (non-hydrogen) atoms. The first kappa shape index (κ1) is 22.6. The Kier molecular flexibility index (Phi) is 6.81. The average Bonchev–Trinajstić information content (AvgIpc) is 2.66. The van der Waals surface area contributed by atoms with Gasteiger partial charge in [0.2, 0.25) is 15.9 Å². The molecule has 0 aromatic heterocycles. The van der Waals surface area contributed by atoms with Crippen molar-refractivity contribution in [2.75, 3.05) is 26.0 Å².